The van der Waals surface area contributed by atoms with E-state index >= 15 is 0 Å². The van der Waals surface area contributed by atoms with Crippen LogP contribution in [0.3, 0.4) is 0 Å². The highest BCUT2D eigenvalue weighted by Crippen LogP contribution is 2.24. The molecule has 0 aliphatic carbocycles. The van der Waals surface area contributed by atoms with Gasteiger partial charge in [-0.1, -0.05) is 55.5 Å². The molecule has 0 saturated heterocycles. The minimum atomic E-state index is 0.0787. The summed E-state index contributed by atoms with van der Waals surface area (Å²) in [6.45, 7) is 5.25. The second kappa shape index (κ2) is 5.83. The lowest BCUT2D eigenvalue weighted by molar-refractivity contribution is 0.100. The van der Waals surface area contributed by atoms with Crippen molar-refractivity contribution in [1.29, 1.82) is 0 Å². The molecular weight excluding hydrogens is 248 g/mol. The van der Waals surface area contributed by atoms with Gasteiger partial charge in [-0.2, -0.15) is 0 Å². The average molecular weight is 266 g/mol. The molecule has 0 radical (unpaired) electrons. The van der Waals surface area contributed by atoms with E-state index < -0.39 is 0 Å². The van der Waals surface area contributed by atoms with Gasteiger partial charge in [0.05, 0.1) is 0 Å². The molecule has 20 heavy (non-hydrogen) atoms. The molecule has 0 N–H and O–H groups in total. The van der Waals surface area contributed by atoms with E-state index in [-0.39, 0.29) is 17.5 Å². The minimum Gasteiger partial charge on any atom is -0.295 e. The number of carbonyl (C=O) groups excluding carboxylic acids is 2. The highest BCUT2D eigenvalue weighted by Gasteiger charge is 2.09. The lowest BCUT2D eigenvalue weighted by atomic mass is 9.91. The van der Waals surface area contributed by atoms with Crippen LogP contribution in [0.1, 0.15) is 58.5 Å². The molecule has 0 fully saturated rings. The van der Waals surface area contributed by atoms with Crippen LogP contribution in [0.25, 0.3) is 0 Å². The molecule has 102 valence electrons. The molecule has 0 atom stereocenters. The second-order valence-corrected chi connectivity index (χ2v) is 5.08. The summed E-state index contributed by atoms with van der Waals surface area (Å²) in [7, 11) is 0. The van der Waals surface area contributed by atoms with E-state index in [2.05, 4.69) is 6.92 Å². The Labute approximate surface area is 119 Å². The molecule has 0 unspecified atom stereocenters. The van der Waals surface area contributed by atoms with Gasteiger partial charge in [-0.05, 0) is 25.0 Å². The fourth-order valence-corrected chi connectivity index (χ4v) is 2.21. The van der Waals surface area contributed by atoms with E-state index in [4.69, 9.17) is 0 Å². The summed E-state index contributed by atoms with van der Waals surface area (Å²) in [5.41, 5.74) is 3.77. The first-order valence-corrected chi connectivity index (χ1v) is 6.71. The van der Waals surface area contributed by atoms with Gasteiger partial charge < -0.3 is 0 Å². The average Bonchev–Trinajstić information content (AvgIpc) is 2.46. The summed E-state index contributed by atoms with van der Waals surface area (Å²) in [6.07, 6.45) is 0. The second-order valence-electron chi connectivity index (χ2n) is 5.08. The Hall–Kier alpha value is -2.22. The van der Waals surface area contributed by atoms with E-state index in [1.807, 2.05) is 48.5 Å². The highest BCUT2D eigenvalue weighted by molar-refractivity contribution is 5.94. The van der Waals surface area contributed by atoms with Gasteiger partial charge in [-0.25, -0.2) is 0 Å². The van der Waals surface area contributed by atoms with Crippen molar-refractivity contribution in [3.8, 4) is 0 Å². The third-order valence-corrected chi connectivity index (χ3v) is 3.63. The van der Waals surface area contributed by atoms with Crippen LogP contribution in [0.2, 0.25) is 0 Å². The van der Waals surface area contributed by atoms with Crippen LogP contribution in [0.5, 0.6) is 0 Å². The summed E-state index contributed by atoms with van der Waals surface area (Å²) in [4.78, 5) is 22.5. The van der Waals surface area contributed by atoms with Crippen molar-refractivity contribution in [1.82, 2.24) is 0 Å². The van der Waals surface area contributed by atoms with E-state index in [1.165, 1.54) is 0 Å². The standard InChI is InChI=1S/C18H18O2/c1-12(15-4-8-17(9-5-15)13(2)19)16-6-10-18(11-7-16)14(3)20/h4-12H,1-3H3. The smallest absolute Gasteiger partial charge is 0.159 e. The monoisotopic (exact) mass is 266 g/mol. The number of benzene rings is 2. The summed E-state index contributed by atoms with van der Waals surface area (Å²) in [5.74, 6) is 0.391. The maximum atomic E-state index is 11.3. The van der Waals surface area contributed by atoms with E-state index in [0.29, 0.717) is 0 Å². The van der Waals surface area contributed by atoms with Crippen molar-refractivity contribution in [2.24, 2.45) is 0 Å². The Bertz CT molecular complexity index is 564. The van der Waals surface area contributed by atoms with Crippen molar-refractivity contribution in [3.63, 3.8) is 0 Å². The molecule has 0 saturated carbocycles. The lowest BCUT2D eigenvalue weighted by Crippen LogP contribution is -1.99. The molecule has 0 bridgehead atoms. The predicted molar refractivity (Wildman–Crippen MR) is 80.4 cm³/mol. The maximum absolute atomic E-state index is 11.3. The first-order valence-electron chi connectivity index (χ1n) is 6.71. The van der Waals surface area contributed by atoms with Gasteiger partial charge in [0.2, 0.25) is 0 Å². The molecule has 2 rings (SSSR count). The van der Waals surface area contributed by atoms with Crippen molar-refractivity contribution in [2.45, 2.75) is 26.7 Å². The molecule has 2 heteroatoms. The Morgan fingerprint density at radius 1 is 0.700 bits per heavy atom. The van der Waals surface area contributed by atoms with Crippen LogP contribution < -0.4 is 0 Å². The topological polar surface area (TPSA) is 34.1 Å². The molecule has 0 aliphatic heterocycles. The lowest BCUT2D eigenvalue weighted by Gasteiger charge is -2.13. The summed E-state index contributed by atoms with van der Waals surface area (Å²) in [5, 5.41) is 0. The Morgan fingerprint density at radius 3 is 1.25 bits per heavy atom. The van der Waals surface area contributed by atoms with Crippen molar-refractivity contribution >= 4 is 11.6 Å². The van der Waals surface area contributed by atoms with Crippen LogP contribution in [0.4, 0.5) is 0 Å². The largest absolute Gasteiger partial charge is 0.295 e. The number of carbonyl (C=O) groups is 2. The first kappa shape index (κ1) is 14.2. The Balaban J connectivity index is 2.24. The predicted octanol–water partition coefficient (Wildman–Crippen LogP) is 4.24. The number of rotatable bonds is 4. The van der Waals surface area contributed by atoms with Crippen LogP contribution in [-0.4, -0.2) is 11.6 Å². The number of hydrogen-bond acceptors (Lipinski definition) is 2. The maximum Gasteiger partial charge on any atom is 0.159 e. The molecule has 2 aromatic rings. The molecule has 0 aliphatic rings. The summed E-state index contributed by atoms with van der Waals surface area (Å²) >= 11 is 0. The number of ketones is 2. The Kier molecular flexibility index (Phi) is 4.14. The van der Waals surface area contributed by atoms with Gasteiger partial charge in [-0.3, -0.25) is 9.59 Å². The van der Waals surface area contributed by atoms with Crippen molar-refractivity contribution < 1.29 is 9.59 Å². The number of Topliss-reactive ketones (excluding diaryl/α,β-unsaturated/α-hetero) is 2. The zero-order chi connectivity index (χ0) is 14.7. The molecule has 0 aromatic heterocycles. The molecule has 2 aromatic carbocycles. The minimum absolute atomic E-state index is 0.0787. The zero-order valence-corrected chi connectivity index (χ0v) is 12.0. The summed E-state index contributed by atoms with van der Waals surface area (Å²) < 4.78 is 0. The first-order chi connectivity index (χ1) is 9.49. The van der Waals surface area contributed by atoms with Gasteiger partial charge in [0.15, 0.2) is 11.6 Å². The third kappa shape index (κ3) is 3.02. The Morgan fingerprint density at radius 2 is 1.00 bits per heavy atom. The fourth-order valence-electron chi connectivity index (χ4n) is 2.21. The normalized spacial score (nSPS) is 10.6. The third-order valence-electron chi connectivity index (χ3n) is 3.63. The molecular formula is C18H18O2. The van der Waals surface area contributed by atoms with Gasteiger partial charge in [0, 0.05) is 17.0 Å². The van der Waals surface area contributed by atoms with Gasteiger partial charge in [-0.15, -0.1) is 0 Å². The zero-order valence-electron chi connectivity index (χ0n) is 12.0. The number of hydrogen-bond donors (Lipinski definition) is 0. The molecule has 2 nitrogen and oxygen atoms in total. The van der Waals surface area contributed by atoms with E-state index in [1.54, 1.807) is 13.8 Å². The van der Waals surface area contributed by atoms with Crippen LogP contribution >= 0.6 is 0 Å². The highest BCUT2D eigenvalue weighted by atomic mass is 16.1. The van der Waals surface area contributed by atoms with Gasteiger partial charge in [0.25, 0.3) is 0 Å². The van der Waals surface area contributed by atoms with E-state index in [9.17, 15) is 9.59 Å². The molecule has 0 heterocycles. The van der Waals surface area contributed by atoms with Crippen molar-refractivity contribution in [3.05, 3.63) is 70.8 Å². The van der Waals surface area contributed by atoms with Crippen LogP contribution in [0, 0.1) is 0 Å². The summed E-state index contributed by atoms with van der Waals surface area (Å²) in [6, 6.07) is 15.4. The van der Waals surface area contributed by atoms with Gasteiger partial charge >= 0.3 is 0 Å². The van der Waals surface area contributed by atoms with E-state index in [0.717, 1.165) is 22.3 Å². The fraction of sp³-hybridized carbons (Fsp3) is 0.222. The quantitative estimate of drug-likeness (QED) is 0.775. The van der Waals surface area contributed by atoms with Crippen LogP contribution in [-0.2, 0) is 0 Å². The SMILES string of the molecule is CC(=O)c1ccc(C(C)c2ccc(C(C)=O)cc2)cc1. The molecule has 0 spiro atoms. The van der Waals surface area contributed by atoms with Crippen molar-refractivity contribution in [2.75, 3.05) is 0 Å². The van der Waals surface area contributed by atoms with Crippen LogP contribution in [0.15, 0.2) is 48.5 Å². The molecule has 0 amide bonds. The van der Waals surface area contributed by atoms with Gasteiger partial charge in [0.1, 0.15) is 0 Å².